The zero-order chi connectivity index (χ0) is 19.0. The Kier molecular flexibility index (Phi) is 4.07. The number of rotatable bonds is 4. The molecule has 136 valence electrons. The minimum atomic E-state index is -1.20. The highest BCUT2D eigenvalue weighted by molar-refractivity contribution is 6.16. The lowest BCUT2D eigenvalue weighted by molar-refractivity contribution is -0.138. The minimum absolute atomic E-state index is 0.0616. The summed E-state index contributed by atoms with van der Waals surface area (Å²) in [5, 5.41) is 2.98. The first kappa shape index (κ1) is 17.1. The fraction of sp³-hybridized carbons (Fsp3) is 0.182. The van der Waals surface area contributed by atoms with Crippen molar-refractivity contribution in [2.45, 2.75) is 25.8 Å². The number of amides is 2. The van der Waals surface area contributed by atoms with Gasteiger partial charge in [0.25, 0.3) is 5.91 Å². The first-order valence-corrected chi connectivity index (χ1v) is 8.83. The van der Waals surface area contributed by atoms with Gasteiger partial charge in [0.1, 0.15) is 5.76 Å². The van der Waals surface area contributed by atoms with Gasteiger partial charge in [-0.25, -0.2) is 0 Å². The van der Waals surface area contributed by atoms with Gasteiger partial charge < -0.3 is 9.73 Å². The number of benzene rings is 2. The molecule has 5 nitrogen and oxygen atoms in total. The predicted molar refractivity (Wildman–Crippen MR) is 103 cm³/mol. The fourth-order valence-corrected chi connectivity index (χ4v) is 3.50. The summed E-state index contributed by atoms with van der Waals surface area (Å²) in [6, 6.07) is 18.6. The van der Waals surface area contributed by atoms with E-state index in [2.05, 4.69) is 5.32 Å². The van der Waals surface area contributed by atoms with E-state index in [-0.39, 0.29) is 18.2 Å². The monoisotopic (exact) mass is 360 g/mol. The number of hydrogen-bond acceptors (Lipinski definition) is 3. The quantitative estimate of drug-likeness (QED) is 0.711. The molecule has 5 heteroatoms. The molecule has 1 aromatic heterocycles. The number of hydrogen-bond donors (Lipinski definition) is 1. The molecule has 0 radical (unpaired) electrons. The summed E-state index contributed by atoms with van der Waals surface area (Å²) in [6.07, 6.45) is 1.58. The van der Waals surface area contributed by atoms with Crippen LogP contribution in [0.1, 0.15) is 23.3 Å². The molecule has 1 fully saturated rings. The van der Waals surface area contributed by atoms with Gasteiger partial charge in [-0.05, 0) is 49.7 Å². The third kappa shape index (κ3) is 2.72. The van der Waals surface area contributed by atoms with E-state index >= 15 is 0 Å². The van der Waals surface area contributed by atoms with Crippen LogP contribution in [0.2, 0.25) is 0 Å². The summed E-state index contributed by atoms with van der Waals surface area (Å²) >= 11 is 0. The molecule has 27 heavy (non-hydrogen) atoms. The van der Waals surface area contributed by atoms with Gasteiger partial charge in [-0.3, -0.25) is 14.5 Å². The number of carbonyl (C=O) groups is 2. The van der Waals surface area contributed by atoms with Crippen molar-refractivity contribution in [2.75, 3.05) is 10.2 Å². The number of nitrogens with zero attached hydrogens (tertiary/aromatic N) is 1. The highest BCUT2D eigenvalue weighted by Gasteiger charge is 2.60. The number of anilines is 2. The smallest absolute Gasteiger partial charge is 0.259 e. The van der Waals surface area contributed by atoms with Gasteiger partial charge in [0.05, 0.1) is 12.7 Å². The third-order valence-corrected chi connectivity index (χ3v) is 5.03. The molecule has 1 saturated heterocycles. The van der Waals surface area contributed by atoms with Crippen LogP contribution in [0.4, 0.5) is 11.4 Å². The van der Waals surface area contributed by atoms with E-state index in [0.29, 0.717) is 11.4 Å². The van der Waals surface area contributed by atoms with E-state index < -0.39 is 5.54 Å². The number of carbonyl (C=O) groups excluding carboxylic acids is 2. The van der Waals surface area contributed by atoms with Crippen molar-refractivity contribution < 1.29 is 14.0 Å². The molecule has 0 spiro atoms. The first-order valence-electron chi connectivity index (χ1n) is 8.83. The summed E-state index contributed by atoms with van der Waals surface area (Å²) in [5.74, 6) is 0.0517. The van der Waals surface area contributed by atoms with E-state index in [1.165, 1.54) is 11.2 Å². The Bertz CT molecular complexity index is 993. The Morgan fingerprint density at radius 1 is 1.04 bits per heavy atom. The molecule has 2 aromatic carbocycles. The maximum atomic E-state index is 13.4. The summed E-state index contributed by atoms with van der Waals surface area (Å²) in [5.41, 5.74) is 2.23. The van der Waals surface area contributed by atoms with E-state index in [0.717, 1.165) is 16.8 Å². The molecular weight excluding hydrogens is 340 g/mol. The number of aryl methyl sites for hydroxylation is 2. The van der Waals surface area contributed by atoms with E-state index in [9.17, 15) is 9.59 Å². The lowest BCUT2D eigenvalue weighted by atomic mass is 9.79. The van der Waals surface area contributed by atoms with Crippen LogP contribution >= 0.6 is 0 Å². The van der Waals surface area contributed by atoms with E-state index in [4.69, 9.17) is 4.42 Å². The highest BCUT2D eigenvalue weighted by Crippen LogP contribution is 2.46. The van der Waals surface area contributed by atoms with E-state index in [1.807, 2.05) is 62.4 Å². The van der Waals surface area contributed by atoms with Crippen LogP contribution in [0.3, 0.4) is 0 Å². The molecule has 0 aliphatic carbocycles. The van der Waals surface area contributed by atoms with Crippen LogP contribution < -0.4 is 10.2 Å². The van der Waals surface area contributed by atoms with Gasteiger partial charge in [-0.1, -0.05) is 35.9 Å². The summed E-state index contributed by atoms with van der Waals surface area (Å²) in [4.78, 5) is 27.5. The van der Waals surface area contributed by atoms with Crippen LogP contribution in [0.15, 0.2) is 71.3 Å². The van der Waals surface area contributed by atoms with Crippen LogP contribution in [0.5, 0.6) is 0 Å². The highest BCUT2D eigenvalue weighted by atomic mass is 16.3. The standard InChI is InChI=1S/C22H20N2O3/c1-15-9-11-17(12-10-15)24-20(25)14-22(24,19-8-5-13-27-19)21(26)23-18-7-4-3-6-16(18)2/h3-13H,14H2,1-2H3,(H,23,26)/t22-/m1/s1. The molecule has 0 unspecified atom stereocenters. The molecule has 2 amide bonds. The van der Waals surface area contributed by atoms with Crippen molar-refractivity contribution in [1.82, 2.24) is 0 Å². The summed E-state index contributed by atoms with van der Waals surface area (Å²) in [7, 11) is 0. The molecular formula is C22H20N2O3. The van der Waals surface area contributed by atoms with E-state index in [1.54, 1.807) is 12.1 Å². The Balaban J connectivity index is 1.77. The molecule has 1 aliphatic heterocycles. The molecule has 4 rings (SSSR count). The average Bonchev–Trinajstić information content (AvgIpc) is 3.17. The van der Waals surface area contributed by atoms with Crippen LogP contribution in [-0.4, -0.2) is 11.8 Å². The van der Waals surface area contributed by atoms with Gasteiger partial charge in [0.15, 0.2) is 5.54 Å². The van der Waals surface area contributed by atoms with Crippen molar-refractivity contribution in [3.05, 3.63) is 83.8 Å². The topological polar surface area (TPSA) is 62.6 Å². The minimum Gasteiger partial charge on any atom is -0.466 e. The van der Waals surface area contributed by atoms with Crippen molar-refractivity contribution >= 4 is 23.2 Å². The van der Waals surface area contributed by atoms with Crippen LogP contribution in [-0.2, 0) is 15.1 Å². The average molecular weight is 360 g/mol. The fourth-order valence-electron chi connectivity index (χ4n) is 3.50. The second-order valence-electron chi connectivity index (χ2n) is 6.85. The van der Waals surface area contributed by atoms with Crippen molar-refractivity contribution in [2.24, 2.45) is 0 Å². The third-order valence-electron chi connectivity index (χ3n) is 5.03. The Hall–Kier alpha value is -3.34. The van der Waals surface area contributed by atoms with Gasteiger partial charge in [-0.2, -0.15) is 0 Å². The molecule has 0 saturated carbocycles. The molecule has 1 N–H and O–H groups in total. The zero-order valence-electron chi connectivity index (χ0n) is 15.2. The largest absolute Gasteiger partial charge is 0.466 e. The van der Waals surface area contributed by atoms with Gasteiger partial charge >= 0.3 is 0 Å². The summed E-state index contributed by atoms with van der Waals surface area (Å²) in [6.45, 7) is 3.91. The Morgan fingerprint density at radius 3 is 2.41 bits per heavy atom. The van der Waals surface area contributed by atoms with Gasteiger partial charge in [0, 0.05) is 11.4 Å². The number of β-lactam (4-membered cyclic amide) rings is 1. The van der Waals surface area contributed by atoms with Crippen molar-refractivity contribution in [3.63, 3.8) is 0 Å². The maximum Gasteiger partial charge on any atom is 0.259 e. The van der Waals surface area contributed by atoms with Gasteiger partial charge in [-0.15, -0.1) is 0 Å². The second kappa shape index (κ2) is 6.43. The molecule has 1 aliphatic rings. The number of para-hydroxylation sites is 1. The maximum absolute atomic E-state index is 13.4. The number of nitrogens with one attached hydrogen (secondary N) is 1. The summed E-state index contributed by atoms with van der Waals surface area (Å²) < 4.78 is 5.60. The predicted octanol–water partition coefficient (Wildman–Crippen LogP) is 4.17. The normalized spacial score (nSPS) is 18.9. The molecule has 1 atom stereocenters. The Labute approximate surface area is 157 Å². The van der Waals surface area contributed by atoms with Gasteiger partial charge in [0.2, 0.25) is 5.91 Å². The lowest BCUT2D eigenvalue weighted by Gasteiger charge is -2.49. The molecule has 3 aromatic rings. The molecule has 0 bridgehead atoms. The van der Waals surface area contributed by atoms with Crippen LogP contribution in [0, 0.1) is 13.8 Å². The first-order chi connectivity index (χ1) is 13.0. The zero-order valence-corrected chi connectivity index (χ0v) is 15.2. The lowest BCUT2D eigenvalue weighted by Crippen LogP contribution is -2.67. The van der Waals surface area contributed by atoms with Crippen LogP contribution in [0.25, 0.3) is 0 Å². The SMILES string of the molecule is Cc1ccc(N2C(=O)C[C@]2(C(=O)Nc2ccccc2C)c2ccco2)cc1. The Morgan fingerprint density at radius 2 is 1.78 bits per heavy atom. The number of furan rings is 1. The van der Waals surface area contributed by atoms with Crippen molar-refractivity contribution in [1.29, 1.82) is 0 Å². The van der Waals surface area contributed by atoms with Crippen molar-refractivity contribution in [3.8, 4) is 0 Å². The second-order valence-corrected chi connectivity index (χ2v) is 6.85. The molecule has 2 heterocycles.